The van der Waals surface area contributed by atoms with Gasteiger partial charge in [0, 0.05) is 19.8 Å². The van der Waals surface area contributed by atoms with Gasteiger partial charge in [-0.05, 0) is 69.9 Å². The lowest BCUT2D eigenvalue weighted by molar-refractivity contribution is -0.135. The summed E-state index contributed by atoms with van der Waals surface area (Å²) < 4.78 is 0. The van der Waals surface area contributed by atoms with Gasteiger partial charge in [-0.15, -0.1) is 0 Å². The van der Waals surface area contributed by atoms with Gasteiger partial charge in [0.2, 0.25) is 5.91 Å². The Morgan fingerprint density at radius 2 is 2.12 bits per heavy atom. The molecule has 0 saturated carbocycles. The lowest BCUT2D eigenvalue weighted by Crippen LogP contribution is -2.44. The number of nitrogens with zero attached hydrogens (tertiary/aromatic N) is 4. The minimum absolute atomic E-state index is 0.0390. The van der Waals surface area contributed by atoms with Crippen molar-refractivity contribution in [2.24, 2.45) is 5.41 Å². The van der Waals surface area contributed by atoms with E-state index >= 15 is 0 Å². The minimum atomic E-state index is 0.0390. The summed E-state index contributed by atoms with van der Waals surface area (Å²) in [4.78, 5) is 24.3. The molecule has 1 spiro atoms. The first-order valence-electron chi connectivity index (χ1n) is 9.60. The molecule has 5 heteroatoms. The first kappa shape index (κ1) is 18.3. The second-order valence-electron chi connectivity index (χ2n) is 8.01. The summed E-state index contributed by atoms with van der Waals surface area (Å²) in [5, 5.41) is 0. The second kappa shape index (κ2) is 7.83. The zero-order valence-corrected chi connectivity index (χ0v) is 15.9. The van der Waals surface area contributed by atoms with Gasteiger partial charge in [-0.3, -0.25) is 14.7 Å². The fourth-order valence-corrected chi connectivity index (χ4v) is 4.43. The number of hydrogen-bond donors (Lipinski definition) is 0. The quantitative estimate of drug-likeness (QED) is 0.821. The summed E-state index contributed by atoms with van der Waals surface area (Å²) in [7, 11) is 4.12. The maximum absolute atomic E-state index is 13.2. The van der Waals surface area contributed by atoms with Crippen LogP contribution in [0.3, 0.4) is 0 Å². The molecule has 2 aliphatic heterocycles. The number of hydrogen-bond acceptors (Lipinski definition) is 4. The van der Waals surface area contributed by atoms with Gasteiger partial charge in [0.15, 0.2) is 0 Å². The van der Waals surface area contributed by atoms with Crippen molar-refractivity contribution in [1.82, 2.24) is 19.7 Å². The van der Waals surface area contributed by atoms with Crippen LogP contribution in [-0.2, 0) is 11.3 Å². The van der Waals surface area contributed by atoms with Gasteiger partial charge in [-0.2, -0.15) is 0 Å². The number of aromatic nitrogens is 1. The molecule has 0 bridgehead atoms. The van der Waals surface area contributed by atoms with Gasteiger partial charge in [-0.1, -0.05) is 13.0 Å². The van der Waals surface area contributed by atoms with Crippen LogP contribution in [0.2, 0.25) is 0 Å². The van der Waals surface area contributed by atoms with Crippen molar-refractivity contribution >= 4 is 5.91 Å². The molecular weight excluding hydrogens is 312 g/mol. The summed E-state index contributed by atoms with van der Waals surface area (Å²) >= 11 is 0. The third-order valence-electron chi connectivity index (χ3n) is 5.95. The van der Waals surface area contributed by atoms with Gasteiger partial charge in [0.25, 0.3) is 0 Å². The zero-order valence-electron chi connectivity index (χ0n) is 15.9. The van der Waals surface area contributed by atoms with E-state index in [1.807, 2.05) is 30.1 Å². The number of pyridine rings is 1. The van der Waals surface area contributed by atoms with E-state index in [2.05, 4.69) is 28.8 Å². The van der Waals surface area contributed by atoms with Crippen LogP contribution >= 0.6 is 0 Å². The maximum atomic E-state index is 13.2. The van der Waals surface area contributed by atoms with Crippen LogP contribution < -0.4 is 0 Å². The highest BCUT2D eigenvalue weighted by atomic mass is 16.2. The Kier molecular flexibility index (Phi) is 5.74. The number of likely N-dealkylation sites (tertiary alicyclic amines) is 2. The van der Waals surface area contributed by atoms with E-state index in [9.17, 15) is 4.79 Å². The van der Waals surface area contributed by atoms with Crippen molar-refractivity contribution in [1.29, 1.82) is 0 Å². The number of piperidine rings is 1. The third-order valence-corrected chi connectivity index (χ3v) is 5.95. The smallest absolute Gasteiger partial charge is 0.240 e. The monoisotopic (exact) mass is 344 g/mol. The average Bonchev–Trinajstić information content (AvgIpc) is 2.96. The normalized spacial score (nSPS) is 23.9. The van der Waals surface area contributed by atoms with Gasteiger partial charge < -0.3 is 9.80 Å². The van der Waals surface area contributed by atoms with E-state index in [0.29, 0.717) is 12.0 Å². The molecular formula is C20H32N4O. The topological polar surface area (TPSA) is 39.7 Å². The Morgan fingerprint density at radius 1 is 1.36 bits per heavy atom. The fourth-order valence-electron chi connectivity index (χ4n) is 4.43. The minimum Gasteiger partial charge on any atom is -0.338 e. The van der Waals surface area contributed by atoms with E-state index < -0.39 is 0 Å². The summed E-state index contributed by atoms with van der Waals surface area (Å²) in [5.41, 5.74) is 1.29. The molecule has 1 atom stereocenters. The molecule has 0 aliphatic carbocycles. The molecule has 0 aromatic carbocycles. The molecule has 0 N–H and O–H groups in total. The Labute approximate surface area is 152 Å². The maximum Gasteiger partial charge on any atom is 0.240 e. The molecule has 5 nitrogen and oxygen atoms in total. The van der Waals surface area contributed by atoms with Gasteiger partial charge in [0.05, 0.1) is 18.3 Å². The molecule has 25 heavy (non-hydrogen) atoms. The van der Waals surface area contributed by atoms with Crippen molar-refractivity contribution in [3.63, 3.8) is 0 Å². The lowest BCUT2D eigenvalue weighted by atomic mass is 9.76. The highest BCUT2D eigenvalue weighted by molar-refractivity contribution is 5.82. The molecule has 2 aliphatic rings. The van der Waals surface area contributed by atoms with Gasteiger partial charge >= 0.3 is 0 Å². The van der Waals surface area contributed by atoms with Crippen LogP contribution in [0.4, 0.5) is 0 Å². The van der Waals surface area contributed by atoms with Crippen LogP contribution in [0.5, 0.6) is 0 Å². The summed E-state index contributed by atoms with van der Waals surface area (Å²) in [6, 6.07) is 5.92. The van der Waals surface area contributed by atoms with Crippen LogP contribution in [0.25, 0.3) is 0 Å². The summed E-state index contributed by atoms with van der Waals surface area (Å²) in [6.07, 6.45) is 6.35. The van der Waals surface area contributed by atoms with Crippen LogP contribution in [0.15, 0.2) is 24.4 Å². The van der Waals surface area contributed by atoms with Crippen LogP contribution in [-0.4, -0.2) is 71.9 Å². The third kappa shape index (κ3) is 4.21. The first-order chi connectivity index (χ1) is 12.0. The van der Waals surface area contributed by atoms with E-state index in [-0.39, 0.29) is 11.9 Å². The molecule has 3 heterocycles. The molecule has 2 saturated heterocycles. The van der Waals surface area contributed by atoms with Crippen molar-refractivity contribution in [2.75, 3.05) is 40.3 Å². The fraction of sp³-hybridized carbons (Fsp3) is 0.700. The second-order valence-corrected chi connectivity index (χ2v) is 8.01. The van der Waals surface area contributed by atoms with Crippen molar-refractivity contribution < 1.29 is 4.79 Å². The van der Waals surface area contributed by atoms with Crippen molar-refractivity contribution in [2.45, 2.75) is 45.2 Å². The Hall–Kier alpha value is -1.46. The molecule has 1 amide bonds. The molecule has 1 unspecified atom stereocenters. The molecule has 0 radical (unpaired) electrons. The lowest BCUT2D eigenvalue weighted by Gasteiger charge is -2.37. The zero-order chi connectivity index (χ0) is 17.9. The van der Waals surface area contributed by atoms with Crippen LogP contribution in [0, 0.1) is 5.41 Å². The number of carbonyl (C=O) groups excluding carboxylic acids is 1. The Morgan fingerprint density at radius 3 is 2.76 bits per heavy atom. The Bertz CT molecular complexity index is 568. The molecule has 1 aromatic heterocycles. The largest absolute Gasteiger partial charge is 0.338 e. The number of rotatable bonds is 5. The highest BCUT2D eigenvalue weighted by Gasteiger charge is 2.47. The van der Waals surface area contributed by atoms with E-state index in [0.717, 1.165) is 44.7 Å². The van der Waals surface area contributed by atoms with Crippen molar-refractivity contribution in [3.8, 4) is 0 Å². The average molecular weight is 345 g/mol. The number of likely N-dealkylation sites (N-methyl/N-ethyl adjacent to an activating group) is 1. The molecule has 138 valence electrons. The summed E-state index contributed by atoms with van der Waals surface area (Å²) in [5.74, 6) is 0.259. The molecule has 3 rings (SSSR count). The number of carbonyl (C=O) groups is 1. The standard InChI is InChI=1S/C20H32N4O/c1-4-11-24-16-20(8-12-22(2)13-9-20)14-18(24)19(25)23(3)15-17-7-5-6-10-21-17/h5-7,10,18H,4,8-9,11-16H2,1-3H3. The van der Waals surface area contributed by atoms with Gasteiger partial charge in [-0.25, -0.2) is 0 Å². The summed E-state index contributed by atoms with van der Waals surface area (Å²) in [6.45, 7) is 7.22. The van der Waals surface area contributed by atoms with Gasteiger partial charge in [0.1, 0.15) is 0 Å². The molecule has 1 aromatic rings. The SMILES string of the molecule is CCCN1CC2(CCN(C)CC2)CC1C(=O)N(C)Cc1ccccn1. The number of amides is 1. The van der Waals surface area contributed by atoms with E-state index in [1.165, 1.54) is 12.8 Å². The van der Waals surface area contributed by atoms with E-state index in [1.54, 1.807) is 6.20 Å². The molecule has 2 fully saturated rings. The first-order valence-corrected chi connectivity index (χ1v) is 9.60. The Balaban J connectivity index is 1.68. The van der Waals surface area contributed by atoms with Crippen LogP contribution in [0.1, 0.15) is 38.3 Å². The predicted octanol–water partition coefficient (Wildman–Crippen LogP) is 2.24. The van der Waals surface area contributed by atoms with E-state index in [4.69, 9.17) is 0 Å². The highest BCUT2D eigenvalue weighted by Crippen LogP contribution is 2.43. The van der Waals surface area contributed by atoms with Crippen molar-refractivity contribution in [3.05, 3.63) is 30.1 Å². The predicted molar refractivity (Wildman–Crippen MR) is 100 cm³/mol.